The van der Waals surface area contributed by atoms with Gasteiger partial charge in [-0.05, 0) is 42.1 Å². The molecule has 8 heteroatoms. The first kappa shape index (κ1) is 19.5. The lowest BCUT2D eigenvalue weighted by molar-refractivity contribution is -0.137. The van der Waals surface area contributed by atoms with Crippen molar-refractivity contribution < 1.29 is 24.2 Å². The lowest BCUT2D eigenvalue weighted by Crippen LogP contribution is -2.27. The Kier molecular flexibility index (Phi) is 7.63. The van der Waals surface area contributed by atoms with E-state index in [4.69, 9.17) is 9.84 Å². The Balaban J connectivity index is 1.66. The molecule has 2 rings (SSSR count). The molecule has 1 aromatic heterocycles. The van der Waals surface area contributed by atoms with E-state index in [0.29, 0.717) is 30.0 Å². The normalized spacial score (nSPS) is 10.2. The van der Waals surface area contributed by atoms with Crippen LogP contribution in [0, 0.1) is 0 Å². The van der Waals surface area contributed by atoms with Crippen molar-refractivity contribution >= 4 is 34.8 Å². The number of benzene rings is 1. The molecule has 0 aliphatic heterocycles. The number of carboxylic acids is 1. The Morgan fingerprint density at radius 1 is 1.08 bits per heavy atom. The maximum Gasteiger partial charge on any atom is 0.303 e. The van der Waals surface area contributed by atoms with Crippen LogP contribution in [0.15, 0.2) is 41.1 Å². The second-order valence-electron chi connectivity index (χ2n) is 5.44. The van der Waals surface area contributed by atoms with Crippen molar-refractivity contribution in [2.75, 3.05) is 18.5 Å². The van der Waals surface area contributed by atoms with Crippen molar-refractivity contribution in [1.29, 1.82) is 0 Å². The third-order valence-electron chi connectivity index (χ3n) is 3.36. The SMILES string of the molecule is O=C(O)CCCOc1ccc(NC(=O)CCNC(=O)c2ccsc2)cc1. The van der Waals surface area contributed by atoms with Gasteiger partial charge in [0.15, 0.2) is 0 Å². The van der Waals surface area contributed by atoms with Crippen molar-refractivity contribution in [3.8, 4) is 5.75 Å². The van der Waals surface area contributed by atoms with Crippen LogP contribution < -0.4 is 15.4 Å². The van der Waals surface area contributed by atoms with Crippen molar-refractivity contribution in [1.82, 2.24) is 5.32 Å². The number of hydrogen-bond donors (Lipinski definition) is 3. The van der Waals surface area contributed by atoms with Crippen LogP contribution in [0.5, 0.6) is 5.75 Å². The highest BCUT2D eigenvalue weighted by Gasteiger charge is 2.07. The fourth-order valence-corrected chi connectivity index (χ4v) is 2.69. The Bertz CT molecular complexity index is 729. The first-order chi connectivity index (χ1) is 12.5. The number of hydrogen-bond acceptors (Lipinski definition) is 5. The molecule has 0 bridgehead atoms. The third kappa shape index (κ3) is 6.94. The van der Waals surface area contributed by atoms with Gasteiger partial charge in [0.05, 0.1) is 6.61 Å². The molecule has 0 fully saturated rings. The average Bonchev–Trinajstić information content (AvgIpc) is 3.14. The summed E-state index contributed by atoms with van der Waals surface area (Å²) in [7, 11) is 0. The Hall–Kier alpha value is -2.87. The summed E-state index contributed by atoms with van der Waals surface area (Å²) in [6.45, 7) is 0.577. The van der Waals surface area contributed by atoms with Crippen LogP contribution in [0.25, 0.3) is 0 Å². The molecule has 0 unspecified atom stereocenters. The monoisotopic (exact) mass is 376 g/mol. The van der Waals surface area contributed by atoms with E-state index in [1.165, 1.54) is 11.3 Å². The van der Waals surface area contributed by atoms with Gasteiger partial charge < -0.3 is 20.5 Å². The van der Waals surface area contributed by atoms with E-state index in [0.717, 1.165) is 0 Å². The van der Waals surface area contributed by atoms with E-state index >= 15 is 0 Å². The number of nitrogens with one attached hydrogen (secondary N) is 2. The molecule has 26 heavy (non-hydrogen) atoms. The van der Waals surface area contributed by atoms with Gasteiger partial charge in [0, 0.05) is 36.0 Å². The Morgan fingerprint density at radius 2 is 1.85 bits per heavy atom. The first-order valence-electron chi connectivity index (χ1n) is 8.09. The highest BCUT2D eigenvalue weighted by atomic mass is 32.1. The summed E-state index contributed by atoms with van der Waals surface area (Å²) >= 11 is 1.44. The van der Waals surface area contributed by atoms with Crippen LogP contribution in [-0.2, 0) is 9.59 Å². The highest BCUT2D eigenvalue weighted by Crippen LogP contribution is 2.16. The molecule has 7 nitrogen and oxygen atoms in total. The maximum atomic E-state index is 11.9. The molecule has 0 radical (unpaired) electrons. The maximum absolute atomic E-state index is 11.9. The number of anilines is 1. The van der Waals surface area contributed by atoms with Crippen molar-refractivity contribution in [2.24, 2.45) is 0 Å². The van der Waals surface area contributed by atoms with E-state index in [1.54, 1.807) is 35.7 Å². The fourth-order valence-electron chi connectivity index (χ4n) is 2.06. The summed E-state index contributed by atoms with van der Waals surface area (Å²) in [5, 5.41) is 17.6. The average molecular weight is 376 g/mol. The van der Waals surface area contributed by atoms with Crippen LogP contribution in [0.4, 0.5) is 5.69 Å². The van der Waals surface area contributed by atoms with Gasteiger partial charge in [0.2, 0.25) is 5.91 Å². The molecule has 0 atom stereocenters. The molecule has 2 amide bonds. The zero-order valence-electron chi connectivity index (χ0n) is 14.1. The molecule has 0 aliphatic rings. The standard InChI is InChI=1S/C18H20N2O5S/c21-16(7-9-19-18(24)13-8-11-26-12-13)20-14-3-5-15(6-4-14)25-10-1-2-17(22)23/h3-6,8,11-12H,1-2,7,9-10H2,(H,19,24)(H,20,21)(H,22,23). The number of thiophene rings is 1. The number of rotatable bonds is 10. The van der Waals surface area contributed by atoms with Gasteiger partial charge in [0.1, 0.15) is 5.75 Å². The molecule has 3 N–H and O–H groups in total. The number of ether oxygens (including phenoxy) is 1. The molecular weight excluding hydrogens is 356 g/mol. The quantitative estimate of drug-likeness (QED) is 0.553. The third-order valence-corrected chi connectivity index (χ3v) is 4.05. The number of amides is 2. The molecule has 1 aromatic carbocycles. The number of aliphatic carboxylic acids is 1. The number of carbonyl (C=O) groups excluding carboxylic acids is 2. The van der Waals surface area contributed by atoms with Gasteiger partial charge >= 0.3 is 5.97 Å². The fraction of sp³-hybridized carbons (Fsp3) is 0.278. The summed E-state index contributed by atoms with van der Waals surface area (Å²) in [6.07, 6.45) is 0.672. The molecular formula is C18H20N2O5S. The lowest BCUT2D eigenvalue weighted by atomic mass is 10.2. The molecule has 1 heterocycles. The van der Waals surface area contributed by atoms with Crippen LogP contribution in [-0.4, -0.2) is 36.0 Å². The van der Waals surface area contributed by atoms with Gasteiger partial charge in [-0.25, -0.2) is 0 Å². The predicted molar refractivity (Wildman–Crippen MR) is 98.7 cm³/mol. The lowest BCUT2D eigenvalue weighted by Gasteiger charge is -2.08. The van der Waals surface area contributed by atoms with Gasteiger partial charge in [0.25, 0.3) is 5.91 Å². The Morgan fingerprint density at radius 3 is 2.50 bits per heavy atom. The number of carbonyl (C=O) groups is 3. The van der Waals surface area contributed by atoms with Gasteiger partial charge in [-0.2, -0.15) is 11.3 Å². The summed E-state index contributed by atoms with van der Waals surface area (Å²) in [5.74, 6) is -0.635. The Labute approximate surface area is 155 Å². The largest absolute Gasteiger partial charge is 0.494 e. The summed E-state index contributed by atoms with van der Waals surface area (Å²) in [5.41, 5.74) is 1.21. The zero-order valence-corrected chi connectivity index (χ0v) is 14.9. The van der Waals surface area contributed by atoms with Crippen LogP contribution >= 0.6 is 11.3 Å². The van der Waals surface area contributed by atoms with Crippen LogP contribution in [0.1, 0.15) is 29.6 Å². The highest BCUT2D eigenvalue weighted by molar-refractivity contribution is 7.08. The molecule has 0 saturated heterocycles. The van der Waals surface area contributed by atoms with Gasteiger partial charge in [-0.1, -0.05) is 0 Å². The predicted octanol–water partition coefficient (Wildman–Crippen LogP) is 2.75. The van der Waals surface area contributed by atoms with E-state index in [1.807, 2.05) is 5.38 Å². The molecule has 0 spiro atoms. The van der Waals surface area contributed by atoms with Crippen LogP contribution in [0.2, 0.25) is 0 Å². The van der Waals surface area contributed by atoms with E-state index in [9.17, 15) is 14.4 Å². The topological polar surface area (TPSA) is 105 Å². The molecule has 2 aromatic rings. The van der Waals surface area contributed by atoms with Crippen molar-refractivity contribution in [2.45, 2.75) is 19.3 Å². The van der Waals surface area contributed by atoms with E-state index < -0.39 is 5.97 Å². The van der Waals surface area contributed by atoms with Crippen molar-refractivity contribution in [3.05, 3.63) is 46.7 Å². The minimum absolute atomic E-state index is 0.0666. The van der Waals surface area contributed by atoms with E-state index in [-0.39, 0.29) is 31.2 Å². The summed E-state index contributed by atoms with van der Waals surface area (Å²) < 4.78 is 5.42. The molecule has 0 aliphatic carbocycles. The van der Waals surface area contributed by atoms with E-state index in [2.05, 4.69) is 10.6 Å². The first-order valence-corrected chi connectivity index (χ1v) is 9.04. The zero-order chi connectivity index (χ0) is 18.8. The van der Waals surface area contributed by atoms with Gasteiger partial charge in [-0.15, -0.1) is 0 Å². The summed E-state index contributed by atoms with van der Waals surface area (Å²) in [6, 6.07) is 8.54. The second-order valence-corrected chi connectivity index (χ2v) is 6.22. The molecule has 0 saturated carbocycles. The summed E-state index contributed by atoms with van der Waals surface area (Å²) in [4.78, 5) is 34.1. The second kappa shape index (κ2) is 10.2. The minimum Gasteiger partial charge on any atom is -0.494 e. The minimum atomic E-state index is -0.849. The molecule has 138 valence electrons. The number of carboxylic acid groups (broad SMARTS) is 1. The smallest absolute Gasteiger partial charge is 0.303 e. The van der Waals surface area contributed by atoms with Crippen LogP contribution in [0.3, 0.4) is 0 Å². The van der Waals surface area contributed by atoms with Crippen molar-refractivity contribution in [3.63, 3.8) is 0 Å². The van der Waals surface area contributed by atoms with Gasteiger partial charge in [-0.3, -0.25) is 14.4 Å².